The van der Waals surface area contributed by atoms with Crippen LogP contribution in [0.1, 0.15) is 13.3 Å². The highest BCUT2D eigenvalue weighted by Crippen LogP contribution is 2.04. The SMILES string of the molecule is CCOC(=O)CCNc1ccnc(NN)n1. The van der Waals surface area contributed by atoms with Crippen molar-refractivity contribution in [2.75, 3.05) is 23.9 Å². The number of hydrazine groups is 1. The van der Waals surface area contributed by atoms with Gasteiger partial charge in [0.15, 0.2) is 0 Å². The van der Waals surface area contributed by atoms with Crippen molar-refractivity contribution in [2.24, 2.45) is 5.84 Å². The fraction of sp³-hybridized carbons (Fsp3) is 0.444. The van der Waals surface area contributed by atoms with E-state index in [0.717, 1.165) is 0 Å². The van der Waals surface area contributed by atoms with E-state index < -0.39 is 0 Å². The van der Waals surface area contributed by atoms with E-state index >= 15 is 0 Å². The summed E-state index contributed by atoms with van der Waals surface area (Å²) in [6.45, 7) is 2.63. The highest BCUT2D eigenvalue weighted by Gasteiger charge is 2.01. The summed E-state index contributed by atoms with van der Waals surface area (Å²) < 4.78 is 4.78. The van der Waals surface area contributed by atoms with Crippen LogP contribution in [-0.4, -0.2) is 29.1 Å². The number of nitrogens with one attached hydrogen (secondary N) is 2. The van der Waals surface area contributed by atoms with E-state index in [1.807, 2.05) is 0 Å². The van der Waals surface area contributed by atoms with Crippen molar-refractivity contribution in [3.8, 4) is 0 Å². The second kappa shape index (κ2) is 6.57. The van der Waals surface area contributed by atoms with Crippen molar-refractivity contribution >= 4 is 17.7 Å². The normalized spacial score (nSPS) is 9.62. The molecule has 7 nitrogen and oxygen atoms in total. The second-order valence-corrected chi connectivity index (χ2v) is 2.89. The highest BCUT2D eigenvalue weighted by molar-refractivity contribution is 5.69. The van der Waals surface area contributed by atoms with Crippen LogP contribution in [0.2, 0.25) is 0 Å². The Labute approximate surface area is 93.4 Å². The number of hydrogen-bond donors (Lipinski definition) is 3. The molecule has 7 heteroatoms. The molecule has 1 heterocycles. The molecular weight excluding hydrogens is 210 g/mol. The number of nitrogen functional groups attached to an aromatic ring is 1. The number of nitrogens with two attached hydrogens (primary N) is 1. The van der Waals surface area contributed by atoms with Crippen LogP contribution in [0.25, 0.3) is 0 Å². The van der Waals surface area contributed by atoms with Crippen LogP contribution >= 0.6 is 0 Å². The van der Waals surface area contributed by atoms with E-state index in [0.29, 0.717) is 31.3 Å². The molecule has 0 aliphatic carbocycles. The maximum atomic E-state index is 11.0. The Morgan fingerprint density at radius 2 is 2.44 bits per heavy atom. The summed E-state index contributed by atoms with van der Waals surface area (Å²) in [7, 11) is 0. The molecule has 4 N–H and O–H groups in total. The average molecular weight is 225 g/mol. The van der Waals surface area contributed by atoms with Crippen molar-refractivity contribution in [2.45, 2.75) is 13.3 Å². The van der Waals surface area contributed by atoms with E-state index in [2.05, 4.69) is 20.7 Å². The van der Waals surface area contributed by atoms with Gasteiger partial charge in [0.05, 0.1) is 13.0 Å². The van der Waals surface area contributed by atoms with Gasteiger partial charge in [0.25, 0.3) is 0 Å². The van der Waals surface area contributed by atoms with Gasteiger partial charge in [0.2, 0.25) is 5.95 Å². The molecular formula is C9H15N5O2. The molecule has 0 saturated heterocycles. The van der Waals surface area contributed by atoms with Gasteiger partial charge < -0.3 is 10.1 Å². The average Bonchev–Trinajstić information content (AvgIpc) is 2.30. The molecule has 0 aromatic carbocycles. The molecule has 0 saturated carbocycles. The number of hydrogen-bond acceptors (Lipinski definition) is 7. The molecule has 0 bridgehead atoms. The van der Waals surface area contributed by atoms with Crippen LogP contribution in [0.4, 0.5) is 11.8 Å². The Kier molecular flexibility index (Phi) is 5.00. The lowest BCUT2D eigenvalue weighted by molar-refractivity contribution is -0.142. The third-order valence-electron chi connectivity index (χ3n) is 1.73. The lowest BCUT2D eigenvalue weighted by Crippen LogP contribution is -2.14. The maximum Gasteiger partial charge on any atom is 0.307 e. The van der Waals surface area contributed by atoms with Crippen LogP contribution in [-0.2, 0) is 9.53 Å². The lowest BCUT2D eigenvalue weighted by Gasteiger charge is -2.06. The molecule has 0 fully saturated rings. The standard InChI is InChI=1S/C9H15N5O2/c1-2-16-8(15)4-6-11-7-3-5-12-9(13-7)14-10/h3,5H,2,4,6,10H2,1H3,(H2,11,12,13,14). The van der Waals surface area contributed by atoms with Crippen LogP contribution in [0.15, 0.2) is 12.3 Å². The summed E-state index contributed by atoms with van der Waals surface area (Å²) in [6.07, 6.45) is 1.86. The van der Waals surface area contributed by atoms with Crippen molar-refractivity contribution < 1.29 is 9.53 Å². The first-order chi connectivity index (χ1) is 7.76. The van der Waals surface area contributed by atoms with Crippen molar-refractivity contribution in [3.63, 3.8) is 0 Å². The number of rotatable bonds is 6. The Bertz CT molecular complexity index is 344. The van der Waals surface area contributed by atoms with Gasteiger partial charge in [-0.1, -0.05) is 0 Å². The first kappa shape index (κ1) is 12.2. The first-order valence-electron chi connectivity index (χ1n) is 4.95. The number of ether oxygens (including phenoxy) is 1. The minimum absolute atomic E-state index is 0.235. The maximum absolute atomic E-state index is 11.0. The van der Waals surface area contributed by atoms with Gasteiger partial charge in [-0.2, -0.15) is 4.98 Å². The molecule has 0 radical (unpaired) electrons. The summed E-state index contributed by atoms with van der Waals surface area (Å²) in [5.74, 6) is 5.85. The Morgan fingerprint density at radius 3 is 3.12 bits per heavy atom. The second-order valence-electron chi connectivity index (χ2n) is 2.89. The summed E-state index contributed by atoms with van der Waals surface area (Å²) >= 11 is 0. The number of esters is 1. The van der Waals surface area contributed by atoms with Crippen molar-refractivity contribution in [1.82, 2.24) is 9.97 Å². The number of anilines is 2. The molecule has 0 atom stereocenters. The van der Waals surface area contributed by atoms with E-state index in [9.17, 15) is 4.79 Å². The Hall–Kier alpha value is -1.89. The smallest absolute Gasteiger partial charge is 0.307 e. The van der Waals surface area contributed by atoms with E-state index in [1.54, 1.807) is 19.2 Å². The first-order valence-corrected chi connectivity index (χ1v) is 4.95. The fourth-order valence-electron chi connectivity index (χ4n) is 1.05. The van der Waals surface area contributed by atoms with Gasteiger partial charge >= 0.3 is 5.97 Å². The minimum Gasteiger partial charge on any atom is -0.466 e. The van der Waals surface area contributed by atoms with Crippen molar-refractivity contribution in [3.05, 3.63) is 12.3 Å². The van der Waals surface area contributed by atoms with E-state index in [-0.39, 0.29) is 5.97 Å². The molecule has 88 valence electrons. The largest absolute Gasteiger partial charge is 0.466 e. The molecule has 16 heavy (non-hydrogen) atoms. The summed E-state index contributed by atoms with van der Waals surface area (Å²) in [6, 6.07) is 1.69. The van der Waals surface area contributed by atoms with Gasteiger partial charge in [0.1, 0.15) is 5.82 Å². The van der Waals surface area contributed by atoms with E-state index in [1.165, 1.54) is 0 Å². The van der Waals surface area contributed by atoms with E-state index in [4.69, 9.17) is 10.6 Å². The summed E-state index contributed by atoms with van der Waals surface area (Å²) in [4.78, 5) is 18.9. The molecule has 0 amide bonds. The Balaban J connectivity index is 2.34. The molecule has 1 aromatic heterocycles. The number of carbonyl (C=O) groups is 1. The molecule has 1 aromatic rings. The number of aromatic nitrogens is 2. The third-order valence-corrected chi connectivity index (χ3v) is 1.73. The van der Waals surface area contributed by atoms with Crippen molar-refractivity contribution in [1.29, 1.82) is 0 Å². The van der Waals surface area contributed by atoms with Gasteiger partial charge in [-0.3, -0.25) is 10.2 Å². The molecule has 0 spiro atoms. The fourth-order valence-corrected chi connectivity index (χ4v) is 1.05. The van der Waals surface area contributed by atoms with Crippen LogP contribution in [0.5, 0.6) is 0 Å². The van der Waals surface area contributed by atoms with Crippen LogP contribution in [0, 0.1) is 0 Å². The quantitative estimate of drug-likeness (QED) is 0.359. The predicted molar refractivity (Wildman–Crippen MR) is 59.6 cm³/mol. The van der Waals surface area contributed by atoms with Gasteiger partial charge in [0, 0.05) is 12.7 Å². The van der Waals surface area contributed by atoms with Gasteiger partial charge in [-0.05, 0) is 13.0 Å². The predicted octanol–water partition coefficient (Wildman–Crippen LogP) is 0.127. The number of nitrogens with zero attached hydrogens (tertiary/aromatic N) is 2. The van der Waals surface area contributed by atoms with Crippen LogP contribution in [0.3, 0.4) is 0 Å². The lowest BCUT2D eigenvalue weighted by atomic mass is 10.4. The molecule has 0 aliphatic heterocycles. The highest BCUT2D eigenvalue weighted by atomic mass is 16.5. The monoisotopic (exact) mass is 225 g/mol. The topological polar surface area (TPSA) is 102 Å². The third kappa shape index (κ3) is 4.09. The zero-order valence-corrected chi connectivity index (χ0v) is 9.06. The van der Waals surface area contributed by atoms with Gasteiger partial charge in [-0.15, -0.1) is 0 Å². The zero-order valence-electron chi connectivity index (χ0n) is 9.06. The number of carbonyl (C=O) groups excluding carboxylic acids is 1. The van der Waals surface area contributed by atoms with Gasteiger partial charge in [-0.25, -0.2) is 10.8 Å². The molecule has 0 unspecified atom stereocenters. The molecule has 0 aliphatic rings. The summed E-state index contributed by atoms with van der Waals surface area (Å²) in [5.41, 5.74) is 2.33. The van der Waals surface area contributed by atoms with Crippen LogP contribution < -0.4 is 16.6 Å². The zero-order chi connectivity index (χ0) is 11.8. The molecule has 1 rings (SSSR count). The minimum atomic E-state index is -0.235. The summed E-state index contributed by atoms with van der Waals surface area (Å²) in [5, 5.41) is 2.96. The Morgan fingerprint density at radius 1 is 1.62 bits per heavy atom.